The van der Waals surface area contributed by atoms with Gasteiger partial charge in [0, 0.05) is 71.2 Å². The first-order valence-electron chi connectivity index (χ1n) is 28.0. The number of hydrogen-bond acceptors (Lipinski definition) is 6. The molecule has 0 atom stereocenters. The van der Waals surface area contributed by atoms with Gasteiger partial charge in [-0.3, -0.25) is 4.90 Å². The van der Waals surface area contributed by atoms with Crippen LogP contribution in [0.3, 0.4) is 0 Å². The first kappa shape index (κ1) is 51.5. The van der Waals surface area contributed by atoms with Gasteiger partial charge < -0.3 is 18.6 Å². The van der Waals surface area contributed by atoms with Crippen molar-refractivity contribution in [3.8, 4) is 0 Å². The molecule has 13 rings (SSSR count). The molecule has 11 aromatic rings. The van der Waals surface area contributed by atoms with Gasteiger partial charge in [0.15, 0.2) is 5.58 Å². The minimum atomic E-state index is -0.276. The van der Waals surface area contributed by atoms with E-state index in [1.165, 1.54) is 28.3 Å². The molecule has 0 saturated carbocycles. The minimum absolute atomic E-state index is 0.0114. The van der Waals surface area contributed by atoms with Crippen LogP contribution in [0.5, 0.6) is 0 Å². The van der Waals surface area contributed by atoms with Crippen molar-refractivity contribution in [3.63, 3.8) is 0 Å². The second kappa shape index (κ2) is 18.6. The Balaban J connectivity index is 1.13. The smallest absolute Gasteiger partial charge is 0.257 e. The first-order valence-corrected chi connectivity index (χ1v) is 28.8. The number of para-hydroxylation sites is 2. The van der Waals surface area contributed by atoms with Gasteiger partial charge in [0.25, 0.3) is 6.71 Å². The quantitative estimate of drug-likeness (QED) is 0.148. The van der Waals surface area contributed by atoms with Gasteiger partial charge in [-0.15, -0.1) is 0 Å². The molecule has 0 aliphatic carbocycles. The van der Waals surface area contributed by atoms with E-state index < -0.39 is 0 Å². The standard InChI is InChI=1S/C72H67BFN3O2S/c1-69(2,3)44-23-30-49(31-24-44)75(50-32-25-45(26-33-50)70(4,5)6)52-36-37-58-60(41-52)76(51-34-27-46(28-35-51)71(7,8)9)61-42-54(80-53-18-15-17-48(74)40-53)43-62-66(61)73(58)65-57-39-47(72(10,11)12)29-38-64(57)79-68(65)77(62)59-21-16-20-56-55-19-13-14-22-63(55)78-67(56)59/h13-43H,1-12H3. The molecule has 2 aliphatic heterocycles. The third kappa shape index (κ3) is 8.78. The van der Waals surface area contributed by atoms with E-state index in [1.807, 2.05) is 18.2 Å². The van der Waals surface area contributed by atoms with Gasteiger partial charge in [-0.1, -0.05) is 180 Å². The summed E-state index contributed by atoms with van der Waals surface area (Å²) in [6.07, 6.45) is 0. The van der Waals surface area contributed by atoms with Crippen LogP contribution in [-0.2, 0) is 21.7 Å². The van der Waals surface area contributed by atoms with Crippen LogP contribution in [0, 0.1) is 5.82 Å². The van der Waals surface area contributed by atoms with Crippen molar-refractivity contribution in [2.75, 3.05) is 14.7 Å². The molecule has 8 heteroatoms. The van der Waals surface area contributed by atoms with E-state index in [1.54, 1.807) is 23.9 Å². The zero-order valence-corrected chi connectivity index (χ0v) is 48.7. The highest BCUT2D eigenvalue weighted by atomic mass is 32.2. The number of benzene rings is 9. The Labute approximate surface area is 475 Å². The molecule has 0 radical (unpaired) electrons. The average Bonchev–Trinajstić information content (AvgIpc) is 2.07. The fourth-order valence-electron chi connectivity index (χ4n) is 12.0. The average molecular weight is 1070 g/mol. The molecule has 0 N–H and O–H groups in total. The van der Waals surface area contributed by atoms with Crippen molar-refractivity contribution in [2.45, 2.75) is 115 Å². The largest absolute Gasteiger partial charge is 0.454 e. The molecule has 0 bridgehead atoms. The fourth-order valence-corrected chi connectivity index (χ4v) is 12.9. The van der Waals surface area contributed by atoms with Gasteiger partial charge >= 0.3 is 0 Å². The summed E-state index contributed by atoms with van der Waals surface area (Å²) in [4.78, 5) is 8.96. The van der Waals surface area contributed by atoms with Crippen LogP contribution in [0.1, 0.15) is 105 Å². The SMILES string of the molecule is CC(C)(C)c1ccc(N(c2ccc(C(C)(C)C)cc2)c2ccc3c(c2)N(c2ccc(C(C)(C)C)cc2)c2cc(Sc4cccc(F)c4)cc4c2B3c2c(oc3ccc(C(C)(C)C)cc23)N4c2cccc3c2oc2ccccc23)cc1. The third-order valence-corrected chi connectivity index (χ3v) is 17.4. The lowest BCUT2D eigenvalue weighted by Crippen LogP contribution is -2.61. The number of fused-ring (bicyclic) bond motifs is 9. The van der Waals surface area contributed by atoms with Gasteiger partial charge in [-0.25, -0.2) is 4.39 Å². The summed E-state index contributed by atoms with van der Waals surface area (Å²) >= 11 is 1.56. The van der Waals surface area contributed by atoms with Gasteiger partial charge in [-0.2, -0.15) is 0 Å². The summed E-state index contributed by atoms with van der Waals surface area (Å²) < 4.78 is 29.6. The number of hydrogen-bond donors (Lipinski definition) is 0. The van der Waals surface area contributed by atoms with Crippen molar-refractivity contribution >= 4 is 119 Å². The molecule has 80 heavy (non-hydrogen) atoms. The van der Waals surface area contributed by atoms with Crippen LogP contribution in [-0.4, -0.2) is 6.71 Å². The van der Waals surface area contributed by atoms with Crippen LogP contribution < -0.4 is 31.1 Å². The summed E-state index contributed by atoms with van der Waals surface area (Å²) in [6, 6.07) is 67.4. The molecular weight excluding hydrogens is 1000 g/mol. The number of halogens is 1. The number of rotatable bonds is 7. The number of furan rings is 2. The predicted octanol–water partition coefficient (Wildman–Crippen LogP) is 19.4. The lowest BCUT2D eigenvalue weighted by atomic mass is 9.33. The fraction of sp³-hybridized carbons (Fsp3) is 0.222. The highest BCUT2D eigenvalue weighted by Gasteiger charge is 2.47. The van der Waals surface area contributed by atoms with Crippen molar-refractivity contribution in [2.24, 2.45) is 0 Å². The van der Waals surface area contributed by atoms with Gasteiger partial charge in [-0.05, 0) is 158 Å². The maximum absolute atomic E-state index is 15.2. The van der Waals surface area contributed by atoms with E-state index in [4.69, 9.17) is 8.83 Å². The zero-order valence-electron chi connectivity index (χ0n) is 47.9. The number of nitrogens with zero attached hydrogens (tertiary/aromatic N) is 3. The van der Waals surface area contributed by atoms with E-state index in [0.717, 1.165) is 110 Å². The molecule has 398 valence electrons. The highest BCUT2D eigenvalue weighted by Crippen LogP contribution is 2.51. The van der Waals surface area contributed by atoms with Gasteiger partial charge in [0.2, 0.25) is 5.88 Å². The van der Waals surface area contributed by atoms with Crippen LogP contribution >= 0.6 is 11.8 Å². The molecule has 5 nitrogen and oxygen atoms in total. The molecule has 2 aliphatic rings. The summed E-state index contributed by atoms with van der Waals surface area (Å²) in [6.45, 7) is 27.0. The Hall–Kier alpha value is -7.94. The Kier molecular flexibility index (Phi) is 12.0. The van der Waals surface area contributed by atoms with E-state index in [0.29, 0.717) is 0 Å². The Morgan fingerprint density at radius 1 is 0.412 bits per heavy atom. The second-order valence-electron chi connectivity index (χ2n) is 26.0. The first-order chi connectivity index (χ1) is 38.1. The van der Waals surface area contributed by atoms with E-state index in [9.17, 15) is 0 Å². The molecule has 0 spiro atoms. The monoisotopic (exact) mass is 1070 g/mol. The normalized spacial score (nSPS) is 13.5. The Morgan fingerprint density at radius 2 is 0.963 bits per heavy atom. The number of anilines is 9. The van der Waals surface area contributed by atoms with Crippen LogP contribution in [0.15, 0.2) is 207 Å². The van der Waals surface area contributed by atoms with Crippen LogP contribution in [0.4, 0.5) is 55.8 Å². The lowest BCUT2D eigenvalue weighted by molar-refractivity contribution is 0.589. The van der Waals surface area contributed by atoms with Crippen molar-refractivity contribution in [1.82, 2.24) is 0 Å². The summed E-state index contributed by atoms with van der Waals surface area (Å²) in [5, 5.41) is 3.15. The highest BCUT2D eigenvalue weighted by molar-refractivity contribution is 7.99. The summed E-state index contributed by atoms with van der Waals surface area (Å²) in [5.41, 5.74) is 18.8. The molecule has 0 amide bonds. The molecule has 2 aromatic heterocycles. The summed E-state index contributed by atoms with van der Waals surface area (Å²) in [7, 11) is 0. The molecule has 0 unspecified atom stereocenters. The van der Waals surface area contributed by atoms with Crippen LogP contribution in [0.2, 0.25) is 0 Å². The second-order valence-corrected chi connectivity index (χ2v) is 27.2. The van der Waals surface area contributed by atoms with Crippen molar-refractivity contribution in [3.05, 3.63) is 216 Å². The molecule has 4 heterocycles. The lowest BCUT2D eigenvalue weighted by Gasteiger charge is -2.43. The maximum atomic E-state index is 15.2. The van der Waals surface area contributed by atoms with Crippen molar-refractivity contribution < 1.29 is 13.2 Å². The molecule has 0 fully saturated rings. The molecular formula is C72H67BFN3O2S. The van der Waals surface area contributed by atoms with E-state index in [2.05, 4.69) is 249 Å². The Bertz CT molecular complexity index is 4170. The van der Waals surface area contributed by atoms with Crippen LogP contribution in [0.25, 0.3) is 32.9 Å². The predicted molar refractivity (Wildman–Crippen MR) is 338 cm³/mol. The molecule has 9 aromatic carbocycles. The summed E-state index contributed by atoms with van der Waals surface area (Å²) in [5.74, 6) is 0.467. The zero-order chi connectivity index (χ0) is 55.8. The van der Waals surface area contributed by atoms with Crippen molar-refractivity contribution in [1.29, 1.82) is 0 Å². The van der Waals surface area contributed by atoms with E-state index >= 15 is 4.39 Å². The Morgan fingerprint density at radius 3 is 1.59 bits per heavy atom. The minimum Gasteiger partial charge on any atom is -0.454 e. The van der Waals surface area contributed by atoms with Gasteiger partial charge in [0.05, 0.1) is 5.69 Å². The van der Waals surface area contributed by atoms with E-state index in [-0.39, 0.29) is 34.2 Å². The maximum Gasteiger partial charge on any atom is 0.257 e. The third-order valence-electron chi connectivity index (χ3n) is 16.4. The topological polar surface area (TPSA) is 36.0 Å². The van der Waals surface area contributed by atoms with Gasteiger partial charge in [0.1, 0.15) is 17.0 Å². The molecule has 0 saturated heterocycles.